The first kappa shape index (κ1) is 15.1. The Hall–Kier alpha value is -1.93. The highest BCUT2D eigenvalue weighted by molar-refractivity contribution is 5.96. The zero-order chi connectivity index (χ0) is 14.8. The van der Waals surface area contributed by atoms with Crippen molar-refractivity contribution in [2.45, 2.75) is 11.9 Å². The molecule has 0 aromatic carbocycles. The smallest absolute Gasteiger partial charge is 0.334 e. The summed E-state index contributed by atoms with van der Waals surface area (Å²) in [4.78, 5) is 33.7. The summed E-state index contributed by atoms with van der Waals surface area (Å²) in [6.07, 6.45) is -0.345. The molecule has 1 rings (SSSR count). The third kappa shape index (κ3) is 3.52. The fraction of sp³-hybridized carbons (Fsp3) is 0.545. The molecule has 8 heteroatoms. The number of carbonyl (C=O) groups is 3. The summed E-state index contributed by atoms with van der Waals surface area (Å²) < 4.78 is 9.25. The number of cyclic esters (lactones) is 2. The first-order chi connectivity index (χ1) is 8.57. The summed E-state index contributed by atoms with van der Waals surface area (Å²) in [6, 6.07) is 0. The zero-order valence-corrected chi connectivity index (χ0v) is 10.8. The predicted molar refractivity (Wildman–Crippen MR) is 58.0 cm³/mol. The van der Waals surface area contributed by atoms with Crippen LogP contribution in [0.5, 0.6) is 0 Å². The molecule has 1 aliphatic heterocycles. The SMILES string of the molecule is C[N+](C)(C)CC(O)C1(C(=O)[O-])OC(=O)C=CC(=O)O1. The van der Waals surface area contributed by atoms with Crippen LogP contribution in [-0.2, 0) is 23.9 Å². The largest absolute Gasteiger partial charge is 0.543 e. The third-order valence-electron chi connectivity index (χ3n) is 2.30. The van der Waals surface area contributed by atoms with Gasteiger partial charge in [0, 0.05) is 12.2 Å². The van der Waals surface area contributed by atoms with E-state index >= 15 is 0 Å². The molecule has 19 heavy (non-hydrogen) atoms. The molecule has 0 amide bonds. The Morgan fingerprint density at radius 1 is 1.32 bits per heavy atom. The lowest BCUT2D eigenvalue weighted by molar-refractivity contribution is -0.874. The highest BCUT2D eigenvalue weighted by atomic mass is 16.8. The molecule has 1 heterocycles. The van der Waals surface area contributed by atoms with Crippen LogP contribution in [0, 0.1) is 0 Å². The monoisotopic (exact) mass is 273 g/mol. The van der Waals surface area contributed by atoms with E-state index in [1.165, 1.54) is 0 Å². The minimum Gasteiger partial charge on any atom is -0.543 e. The molecule has 1 atom stereocenters. The van der Waals surface area contributed by atoms with Crippen LogP contribution in [0.15, 0.2) is 12.2 Å². The molecule has 0 saturated carbocycles. The van der Waals surface area contributed by atoms with E-state index in [2.05, 4.69) is 9.47 Å². The summed E-state index contributed by atoms with van der Waals surface area (Å²) in [5.74, 6) is -7.08. The van der Waals surface area contributed by atoms with Gasteiger partial charge < -0.3 is 29.0 Å². The molecule has 0 aromatic rings. The molecule has 0 saturated heterocycles. The van der Waals surface area contributed by atoms with Crippen molar-refractivity contribution in [3.63, 3.8) is 0 Å². The van der Waals surface area contributed by atoms with E-state index < -0.39 is 29.8 Å². The summed E-state index contributed by atoms with van der Waals surface area (Å²) in [5.41, 5.74) is 0. The minimum absolute atomic E-state index is 0.144. The lowest BCUT2D eigenvalue weighted by atomic mass is 10.1. The maximum absolute atomic E-state index is 11.3. The number of hydrogen-bond donors (Lipinski definition) is 1. The van der Waals surface area contributed by atoms with Crippen LogP contribution < -0.4 is 5.11 Å². The average molecular weight is 273 g/mol. The highest BCUT2D eigenvalue weighted by Gasteiger charge is 2.50. The van der Waals surface area contributed by atoms with Crippen molar-refractivity contribution in [2.75, 3.05) is 27.7 Å². The van der Waals surface area contributed by atoms with Crippen molar-refractivity contribution < 1.29 is 38.6 Å². The quantitative estimate of drug-likeness (QED) is 0.433. The number of esters is 2. The number of rotatable bonds is 4. The fourth-order valence-corrected chi connectivity index (χ4v) is 1.52. The molecule has 8 nitrogen and oxygen atoms in total. The number of nitrogens with zero attached hydrogens (tertiary/aromatic N) is 1. The van der Waals surface area contributed by atoms with E-state index in [9.17, 15) is 24.6 Å². The van der Waals surface area contributed by atoms with E-state index in [1.54, 1.807) is 21.1 Å². The van der Waals surface area contributed by atoms with Gasteiger partial charge in [0.05, 0.1) is 21.1 Å². The van der Waals surface area contributed by atoms with E-state index in [1.807, 2.05) is 0 Å². The number of carboxylic acid groups (broad SMARTS) is 1. The van der Waals surface area contributed by atoms with Gasteiger partial charge in [0.25, 0.3) is 0 Å². The summed E-state index contributed by atoms with van der Waals surface area (Å²) in [5, 5.41) is 21.2. The minimum atomic E-state index is -2.84. The highest BCUT2D eigenvalue weighted by Crippen LogP contribution is 2.23. The normalized spacial score (nSPS) is 20.2. The van der Waals surface area contributed by atoms with Crippen LogP contribution in [0.1, 0.15) is 0 Å². The van der Waals surface area contributed by atoms with Gasteiger partial charge >= 0.3 is 17.7 Å². The van der Waals surface area contributed by atoms with Gasteiger partial charge in [0.1, 0.15) is 12.5 Å². The number of ether oxygens (including phenoxy) is 2. The number of aliphatic carboxylic acids is 1. The number of hydrogen-bond acceptors (Lipinski definition) is 7. The van der Waals surface area contributed by atoms with Gasteiger partial charge in [0.15, 0.2) is 6.10 Å². The first-order valence-corrected chi connectivity index (χ1v) is 5.41. The van der Waals surface area contributed by atoms with Crippen LogP contribution >= 0.6 is 0 Å². The molecule has 0 fully saturated rings. The molecule has 0 aliphatic carbocycles. The van der Waals surface area contributed by atoms with E-state index in [0.717, 1.165) is 0 Å². The zero-order valence-electron chi connectivity index (χ0n) is 10.8. The van der Waals surface area contributed by atoms with Crippen LogP contribution in [-0.4, -0.2) is 67.1 Å². The Morgan fingerprint density at radius 2 is 1.74 bits per heavy atom. The summed E-state index contributed by atoms with van der Waals surface area (Å²) >= 11 is 0. The fourth-order valence-electron chi connectivity index (χ4n) is 1.52. The average Bonchev–Trinajstić information content (AvgIpc) is 2.36. The van der Waals surface area contributed by atoms with Gasteiger partial charge in [-0.25, -0.2) is 9.59 Å². The number of carbonyl (C=O) groups excluding carboxylic acids is 3. The number of aliphatic hydroxyl groups is 1. The second-order valence-electron chi connectivity index (χ2n) is 5.12. The molecular weight excluding hydrogens is 258 g/mol. The molecule has 0 bridgehead atoms. The standard InChI is InChI=1S/C11H15NO7/c1-12(2,3)6-7(13)11(10(16)17)18-8(14)4-5-9(15)19-11/h4-5,7,13H,6H2,1-3H3. The second-order valence-corrected chi connectivity index (χ2v) is 5.12. The van der Waals surface area contributed by atoms with Crippen molar-refractivity contribution in [3.8, 4) is 0 Å². The molecule has 1 N–H and O–H groups in total. The Labute approximate surface area is 109 Å². The third-order valence-corrected chi connectivity index (χ3v) is 2.30. The van der Waals surface area contributed by atoms with E-state index in [0.29, 0.717) is 12.2 Å². The molecular formula is C11H15NO7. The van der Waals surface area contributed by atoms with Crippen LogP contribution in [0.3, 0.4) is 0 Å². The van der Waals surface area contributed by atoms with Gasteiger partial charge in [-0.2, -0.15) is 0 Å². The molecule has 1 aliphatic rings. The number of likely N-dealkylation sites (N-methyl/N-ethyl adjacent to an activating group) is 1. The van der Waals surface area contributed by atoms with Crippen LogP contribution in [0.25, 0.3) is 0 Å². The van der Waals surface area contributed by atoms with E-state index in [4.69, 9.17) is 0 Å². The maximum atomic E-state index is 11.3. The van der Waals surface area contributed by atoms with Gasteiger partial charge in [-0.15, -0.1) is 0 Å². The van der Waals surface area contributed by atoms with Crippen molar-refractivity contribution in [2.24, 2.45) is 0 Å². The van der Waals surface area contributed by atoms with Gasteiger partial charge in [-0.1, -0.05) is 0 Å². The summed E-state index contributed by atoms with van der Waals surface area (Å²) in [7, 11) is 5.01. The second kappa shape index (κ2) is 4.98. The predicted octanol–water partition coefficient (Wildman–Crippen LogP) is -2.84. The maximum Gasteiger partial charge on any atom is 0.334 e. The molecule has 106 valence electrons. The van der Waals surface area contributed by atoms with Crippen molar-refractivity contribution >= 4 is 17.9 Å². The van der Waals surface area contributed by atoms with Crippen molar-refractivity contribution in [1.29, 1.82) is 0 Å². The Kier molecular flexibility index (Phi) is 3.97. The lowest BCUT2D eigenvalue weighted by Crippen LogP contribution is -2.64. The van der Waals surface area contributed by atoms with E-state index in [-0.39, 0.29) is 11.0 Å². The van der Waals surface area contributed by atoms with Gasteiger partial charge in [0.2, 0.25) is 0 Å². The first-order valence-electron chi connectivity index (χ1n) is 5.41. The Morgan fingerprint density at radius 3 is 2.05 bits per heavy atom. The topological polar surface area (TPSA) is 113 Å². The van der Waals surface area contributed by atoms with Crippen molar-refractivity contribution in [1.82, 2.24) is 0 Å². The number of aliphatic hydroxyl groups excluding tert-OH is 1. The lowest BCUT2D eigenvalue weighted by Gasteiger charge is -2.38. The number of carboxylic acids is 1. The van der Waals surface area contributed by atoms with Gasteiger partial charge in [-0.3, -0.25) is 0 Å². The Balaban J connectivity index is 3.13. The van der Waals surface area contributed by atoms with Crippen molar-refractivity contribution in [3.05, 3.63) is 12.2 Å². The molecule has 1 unspecified atom stereocenters. The number of quaternary nitrogens is 1. The molecule has 0 radical (unpaired) electrons. The molecule has 0 spiro atoms. The molecule has 0 aromatic heterocycles. The van der Waals surface area contributed by atoms with Crippen LogP contribution in [0.2, 0.25) is 0 Å². The van der Waals surface area contributed by atoms with Gasteiger partial charge in [-0.05, 0) is 0 Å². The summed E-state index contributed by atoms with van der Waals surface area (Å²) in [6.45, 7) is -0.144. The Bertz CT molecular complexity index is 415. The van der Waals surface area contributed by atoms with Crippen LogP contribution in [0.4, 0.5) is 0 Å².